The van der Waals surface area contributed by atoms with E-state index in [2.05, 4.69) is 5.32 Å². The summed E-state index contributed by atoms with van der Waals surface area (Å²) >= 11 is 0. The van der Waals surface area contributed by atoms with Crippen LogP contribution in [-0.2, 0) is 16.0 Å². The number of aryl methyl sites for hydroxylation is 1. The van der Waals surface area contributed by atoms with Crippen molar-refractivity contribution in [2.45, 2.75) is 57.4 Å². The van der Waals surface area contributed by atoms with Gasteiger partial charge in [0.15, 0.2) is 0 Å². The molecule has 7 heteroatoms. The lowest BCUT2D eigenvalue weighted by molar-refractivity contribution is -0.139. The van der Waals surface area contributed by atoms with Crippen molar-refractivity contribution in [3.8, 4) is 5.75 Å². The lowest BCUT2D eigenvalue weighted by atomic mass is 9.93. The maximum atomic E-state index is 13.0. The number of methoxy groups -OCH3 is 1. The number of nitrogens with one attached hydrogen (secondary N) is 1. The molecular weight excluding hydrogens is 370 g/mol. The SMILES string of the molecule is COc1ccc(CCC2(C)NC(=O)N(CC(=O)N3CCCCCCC3)C2=O)cc1. The van der Waals surface area contributed by atoms with Crippen LogP contribution in [0, 0.1) is 0 Å². The first-order valence-electron chi connectivity index (χ1n) is 10.5. The normalized spacial score (nSPS) is 22.8. The van der Waals surface area contributed by atoms with E-state index in [9.17, 15) is 14.4 Å². The summed E-state index contributed by atoms with van der Waals surface area (Å²) in [5.74, 6) is 0.310. The summed E-state index contributed by atoms with van der Waals surface area (Å²) in [6.07, 6.45) is 6.52. The van der Waals surface area contributed by atoms with Gasteiger partial charge in [0.2, 0.25) is 5.91 Å². The number of urea groups is 1. The molecule has 3 rings (SSSR count). The molecule has 4 amide bonds. The highest BCUT2D eigenvalue weighted by Crippen LogP contribution is 2.24. The van der Waals surface area contributed by atoms with E-state index >= 15 is 0 Å². The second-order valence-electron chi connectivity index (χ2n) is 8.15. The van der Waals surface area contributed by atoms with Crippen molar-refractivity contribution in [2.24, 2.45) is 0 Å². The van der Waals surface area contributed by atoms with Crippen molar-refractivity contribution in [3.05, 3.63) is 29.8 Å². The van der Waals surface area contributed by atoms with E-state index < -0.39 is 11.6 Å². The molecule has 2 heterocycles. The monoisotopic (exact) mass is 401 g/mol. The Morgan fingerprint density at radius 1 is 1.07 bits per heavy atom. The number of amides is 4. The summed E-state index contributed by atoms with van der Waals surface area (Å²) in [4.78, 5) is 41.0. The first kappa shape index (κ1) is 21.1. The minimum absolute atomic E-state index is 0.144. The van der Waals surface area contributed by atoms with Crippen molar-refractivity contribution in [1.82, 2.24) is 15.1 Å². The van der Waals surface area contributed by atoms with Gasteiger partial charge in [-0.05, 0) is 50.3 Å². The average Bonchev–Trinajstić information content (AvgIpc) is 2.90. The molecule has 1 aromatic carbocycles. The molecule has 29 heavy (non-hydrogen) atoms. The molecule has 0 bridgehead atoms. The van der Waals surface area contributed by atoms with Crippen LogP contribution >= 0.6 is 0 Å². The molecule has 0 aliphatic carbocycles. The number of ether oxygens (including phenoxy) is 1. The summed E-state index contributed by atoms with van der Waals surface area (Å²) < 4.78 is 5.16. The van der Waals surface area contributed by atoms with Gasteiger partial charge in [-0.25, -0.2) is 4.79 Å². The second-order valence-corrected chi connectivity index (χ2v) is 8.15. The number of carbonyl (C=O) groups is 3. The van der Waals surface area contributed by atoms with Crippen molar-refractivity contribution >= 4 is 17.8 Å². The number of imide groups is 1. The van der Waals surface area contributed by atoms with Crippen LogP contribution in [0.25, 0.3) is 0 Å². The zero-order valence-electron chi connectivity index (χ0n) is 17.4. The fourth-order valence-electron chi connectivity index (χ4n) is 3.98. The van der Waals surface area contributed by atoms with Gasteiger partial charge >= 0.3 is 6.03 Å². The number of likely N-dealkylation sites (tertiary alicyclic amines) is 1. The molecule has 0 spiro atoms. The summed E-state index contributed by atoms with van der Waals surface area (Å²) in [5, 5.41) is 2.80. The predicted molar refractivity (Wildman–Crippen MR) is 110 cm³/mol. The Labute approximate surface area is 172 Å². The Bertz CT molecular complexity index is 741. The van der Waals surface area contributed by atoms with E-state index in [0.29, 0.717) is 25.9 Å². The number of rotatable bonds is 6. The third-order valence-corrected chi connectivity index (χ3v) is 5.92. The number of hydrogen-bond acceptors (Lipinski definition) is 4. The third-order valence-electron chi connectivity index (χ3n) is 5.92. The van der Waals surface area contributed by atoms with E-state index in [1.165, 1.54) is 6.42 Å². The lowest BCUT2D eigenvalue weighted by Crippen LogP contribution is -2.46. The van der Waals surface area contributed by atoms with Crippen LogP contribution in [0.3, 0.4) is 0 Å². The Morgan fingerprint density at radius 2 is 1.69 bits per heavy atom. The lowest BCUT2D eigenvalue weighted by Gasteiger charge is -2.26. The highest BCUT2D eigenvalue weighted by molar-refractivity contribution is 6.08. The second kappa shape index (κ2) is 9.29. The fraction of sp³-hybridized carbons (Fsp3) is 0.591. The van der Waals surface area contributed by atoms with Crippen LogP contribution < -0.4 is 10.1 Å². The summed E-state index contributed by atoms with van der Waals surface area (Å²) in [6, 6.07) is 7.18. The molecule has 2 fully saturated rings. The van der Waals surface area contributed by atoms with E-state index in [1.807, 2.05) is 24.3 Å². The zero-order valence-corrected chi connectivity index (χ0v) is 17.4. The Kier molecular flexibility index (Phi) is 6.77. The molecule has 1 atom stereocenters. The van der Waals surface area contributed by atoms with Gasteiger partial charge in [0.1, 0.15) is 17.8 Å². The highest BCUT2D eigenvalue weighted by Gasteiger charge is 2.48. The number of nitrogens with zero attached hydrogens (tertiary/aromatic N) is 2. The molecule has 0 aromatic heterocycles. The molecule has 1 N–H and O–H groups in total. The largest absolute Gasteiger partial charge is 0.497 e. The summed E-state index contributed by atoms with van der Waals surface area (Å²) in [7, 11) is 1.62. The van der Waals surface area contributed by atoms with E-state index in [1.54, 1.807) is 18.9 Å². The van der Waals surface area contributed by atoms with Gasteiger partial charge < -0.3 is 15.0 Å². The first-order chi connectivity index (χ1) is 13.9. The van der Waals surface area contributed by atoms with Crippen molar-refractivity contribution in [1.29, 1.82) is 0 Å². The van der Waals surface area contributed by atoms with Gasteiger partial charge in [0.05, 0.1) is 7.11 Å². The first-order valence-corrected chi connectivity index (χ1v) is 10.5. The maximum Gasteiger partial charge on any atom is 0.325 e. The zero-order chi connectivity index (χ0) is 20.9. The molecule has 1 unspecified atom stereocenters. The predicted octanol–water partition coefficient (Wildman–Crippen LogP) is 2.73. The maximum absolute atomic E-state index is 13.0. The minimum Gasteiger partial charge on any atom is -0.497 e. The Balaban J connectivity index is 1.59. The summed E-state index contributed by atoms with van der Waals surface area (Å²) in [6.45, 7) is 2.97. The number of hydrogen-bond donors (Lipinski definition) is 1. The van der Waals surface area contributed by atoms with E-state index in [-0.39, 0.29) is 18.4 Å². The van der Waals surface area contributed by atoms with E-state index in [4.69, 9.17) is 4.74 Å². The molecule has 2 aliphatic heterocycles. The van der Waals surface area contributed by atoms with Crippen molar-refractivity contribution < 1.29 is 19.1 Å². The number of carbonyl (C=O) groups excluding carboxylic acids is 3. The molecule has 0 saturated carbocycles. The molecule has 7 nitrogen and oxygen atoms in total. The van der Waals surface area contributed by atoms with Gasteiger partial charge in [-0.1, -0.05) is 31.4 Å². The Hall–Kier alpha value is -2.57. The minimum atomic E-state index is -0.993. The van der Waals surface area contributed by atoms with Crippen molar-refractivity contribution in [2.75, 3.05) is 26.7 Å². The fourth-order valence-corrected chi connectivity index (χ4v) is 3.98. The third kappa shape index (κ3) is 5.08. The topological polar surface area (TPSA) is 79.0 Å². The van der Waals surface area contributed by atoms with Crippen LogP contribution in [-0.4, -0.2) is 59.9 Å². The van der Waals surface area contributed by atoms with Crippen LogP contribution in [0.15, 0.2) is 24.3 Å². The molecular formula is C22H31N3O4. The van der Waals surface area contributed by atoms with Gasteiger partial charge in [-0.3, -0.25) is 14.5 Å². The smallest absolute Gasteiger partial charge is 0.325 e. The molecule has 0 radical (unpaired) electrons. The quantitative estimate of drug-likeness (QED) is 0.744. The van der Waals surface area contributed by atoms with Gasteiger partial charge in [-0.2, -0.15) is 0 Å². The highest BCUT2D eigenvalue weighted by atomic mass is 16.5. The molecule has 2 saturated heterocycles. The van der Waals surface area contributed by atoms with Crippen molar-refractivity contribution in [3.63, 3.8) is 0 Å². The van der Waals surface area contributed by atoms with Crippen LogP contribution in [0.4, 0.5) is 4.79 Å². The van der Waals surface area contributed by atoms with Gasteiger partial charge in [0, 0.05) is 13.1 Å². The molecule has 158 valence electrons. The van der Waals surface area contributed by atoms with Gasteiger partial charge in [0.25, 0.3) is 5.91 Å². The van der Waals surface area contributed by atoms with Crippen LogP contribution in [0.2, 0.25) is 0 Å². The van der Waals surface area contributed by atoms with Crippen LogP contribution in [0.1, 0.15) is 51.0 Å². The van der Waals surface area contributed by atoms with E-state index in [0.717, 1.165) is 41.9 Å². The van der Waals surface area contributed by atoms with Gasteiger partial charge in [-0.15, -0.1) is 0 Å². The standard InChI is InChI=1S/C22H31N3O4/c1-22(13-12-17-8-10-18(29-2)11-9-17)20(27)25(21(28)23-22)16-19(26)24-14-6-4-3-5-7-15-24/h8-11H,3-7,12-16H2,1-2H3,(H,23,28). The summed E-state index contributed by atoms with van der Waals surface area (Å²) in [5.41, 5.74) is 0.0670. The van der Waals surface area contributed by atoms with Crippen LogP contribution in [0.5, 0.6) is 5.75 Å². The molecule has 1 aromatic rings. The molecule has 2 aliphatic rings. The average molecular weight is 402 g/mol. The Morgan fingerprint density at radius 3 is 2.31 bits per heavy atom. The number of benzene rings is 1.